The molecular weight excluding hydrogens is 242 g/mol. The third-order valence-corrected chi connectivity index (χ3v) is 2.45. The molecule has 7 heteroatoms. The summed E-state index contributed by atoms with van der Waals surface area (Å²) in [6.07, 6.45) is 0. The fourth-order valence-corrected chi connectivity index (χ4v) is 1.65. The quantitative estimate of drug-likeness (QED) is 0.648. The highest BCUT2D eigenvalue weighted by atomic mass is 16.4. The Bertz CT molecular complexity index is 684. The van der Waals surface area contributed by atoms with Gasteiger partial charge in [0.1, 0.15) is 5.69 Å². The van der Waals surface area contributed by atoms with Crippen molar-refractivity contribution in [1.82, 2.24) is 4.98 Å². The summed E-state index contributed by atoms with van der Waals surface area (Å²) in [7, 11) is 0. The van der Waals surface area contributed by atoms with Crippen LogP contribution in [-0.4, -0.2) is 38.2 Å². The highest BCUT2D eigenvalue weighted by molar-refractivity contribution is 6.08. The molecule has 0 unspecified atom stereocenters. The molecule has 0 aliphatic rings. The third-order valence-electron chi connectivity index (χ3n) is 2.45. The van der Waals surface area contributed by atoms with E-state index in [4.69, 9.17) is 15.3 Å². The van der Waals surface area contributed by atoms with Crippen LogP contribution in [0.4, 0.5) is 0 Å². The van der Waals surface area contributed by atoms with E-state index in [1.54, 1.807) is 0 Å². The summed E-state index contributed by atoms with van der Waals surface area (Å²) in [5.74, 6) is -3.86. The van der Waals surface area contributed by atoms with Crippen molar-refractivity contribution in [3.63, 3.8) is 0 Å². The number of benzene rings is 1. The van der Waals surface area contributed by atoms with Crippen molar-refractivity contribution in [2.45, 2.75) is 0 Å². The first kappa shape index (κ1) is 11.6. The number of hydrogen-bond acceptors (Lipinski definition) is 3. The summed E-state index contributed by atoms with van der Waals surface area (Å²) in [5.41, 5.74) is -0.521. The van der Waals surface area contributed by atoms with Crippen molar-refractivity contribution in [3.05, 3.63) is 35.0 Å². The van der Waals surface area contributed by atoms with Gasteiger partial charge in [0.05, 0.1) is 11.1 Å². The van der Waals surface area contributed by atoms with Gasteiger partial charge in [0.25, 0.3) is 0 Å². The second kappa shape index (κ2) is 3.88. The second-order valence-electron chi connectivity index (χ2n) is 3.58. The lowest BCUT2D eigenvalue weighted by Gasteiger charge is -2.00. The predicted octanol–water partition coefficient (Wildman–Crippen LogP) is 1.26. The van der Waals surface area contributed by atoms with Crippen molar-refractivity contribution in [2.24, 2.45) is 0 Å². The van der Waals surface area contributed by atoms with E-state index in [0.717, 1.165) is 12.1 Å². The maximum Gasteiger partial charge on any atom is 0.352 e. The Morgan fingerprint density at radius 1 is 0.889 bits per heavy atom. The minimum Gasteiger partial charge on any atom is -0.478 e. The Hall–Kier alpha value is -2.83. The summed E-state index contributed by atoms with van der Waals surface area (Å²) >= 11 is 0. The molecule has 1 aromatic heterocycles. The molecule has 0 radical (unpaired) electrons. The van der Waals surface area contributed by atoms with Crippen molar-refractivity contribution >= 4 is 28.8 Å². The first-order chi connectivity index (χ1) is 8.40. The molecule has 0 saturated heterocycles. The molecule has 18 heavy (non-hydrogen) atoms. The molecule has 0 bridgehead atoms. The van der Waals surface area contributed by atoms with E-state index in [9.17, 15) is 14.4 Å². The van der Waals surface area contributed by atoms with E-state index in [2.05, 4.69) is 4.98 Å². The van der Waals surface area contributed by atoms with Gasteiger partial charge in [0.15, 0.2) is 0 Å². The van der Waals surface area contributed by atoms with E-state index in [-0.39, 0.29) is 27.7 Å². The highest BCUT2D eigenvalue weighted by Gasteiger charge is 2.17. The minimum atomic E-state index is -1.32. The largest absolute Gasteiger partial charge is 0.478 e. The van der Waals surface area contributed by atoms with Crippen LogP contribution in [0.1, 0.15) is 31.2 Å². The Balaban J connectivity index is 2.81. The molecule has 1 aromatic carbocycles. The standard InChI is InChI=1S/C11H7NO6/c13-9(14)4-1-6(10(15)16)5-3-8(11(17)18)12-7(5)2-4/h1-3,12H,(H,13,14)(H,15,16)(H,17,18). The lowest BCUT2D eigenvalue weighted by atomic mass is 10.1. The Morgan fingerprint density at radius 3 is 2.06 bits per heavy atom. The van der Waals surface area contributed by atoms with Gasteiger partial charge in [-0.05, 0) is 18.2 Å². The summed E-state index contributed by atoms with van der Waals surface area (Å²) < 4.78 is 0. The lowest BCUT2D eigenvalue weighted by molar-refractivity contribution is 0.0679. The fraction of sp³-hybridized carbons (Fsp3) is 0. The number of carboxylic acid groups (broad SMARTS) is 3. The fourth-order valence-electron chi connectivity index (χ4n) is 1.65. The normalized spacial score (nSPS) is 10.4. The van der Waals surface area contributed by atoms with Gasteiger partial charge in [0.2, 0.25) is 0 Å². The van der Waals surface area contributed by atoms with E-state index in [1.165, 1.54) is 6.07 Å². The Kier molecular flexibility index (Phi) is 2.51. The molecule has 2 aromatic rings. The molecule has 0 spiro atoms. The van der Waals surface area contributed by atoms with Gasteiger partial charge in [0, 0.05) is 10.9 Å². The van der Waals surface area contributed by atoms with Crippen LogP contribution in [0.3, 0.4) is 0 Å². The van der Waals surface area contributed by atoms with Gasteiger partial charge in [-0.2, -0.15) is 0 Å². The van der Waals surface area contributed by atoms with Crippen LogP contribution in [0.2, 0.25) is 0 Å². The van der Waals surface area contributed by atoms with Gasteiger partial charge < -0.3 is 20.3 Å². The number of nitrogens with one attached hydrogen (secondary N) is 1. The van der Waals surface area contributed by atoms with Crippen LogP contribution in [-0.2, 0) is 0 Å². The monoisotopic (exact) mass is 249 g/mol. The smallest absolute Gasteiger partial charge is 0.352 e. The zero-order valence-electron chi connectivity index (χ0n) is 8.80. The molecular formula is C11H7NO6. The summed E-state index contributed by atoms with van der Waals surface area (Å²) in [4.78, 5) is 35.1. The molecule has 1 heterocycles. The lowest BCUT2D eigenvalue weighted by Crippen LogP contribution is -2.02. The first-order valence-electron chi connectivity index (χ1n) is 4.77. The van der Waals surface area contributed by atoms with Crippen molar-refractivity contribution in [2.75, 3.05) is 0 Å². The van der Waals surface area contributed by atoms with Crippen LogP contribution in [0.25, 0.3) is 10.9 Å². The van der Waals surface area contributed by atoms with Crippen LogP contribution in [0, 0.1) is 0 Å². The molecule has 0 atom stereocenters. The summed E-state index contributed by atoms with van der Waals surface area (Å²) in [6, 6.07) is 3.34. The third kappa shape index (κ3) is 1.77. The summed E-state index contributed by atoms with van der Waals surface area (Å²) in [6.45, 7) is 0. The number of hydrogen-bond donors (Lipinski definition) is 4. The van der Waals surface area contributed by atoms with E-state index in [1.807, 2.05) is 0 Å². The number of H-pyrrole nitrogens is 1. The van der Waals surface area contributed by atoms with Crippen LogP contribution >= 0.6 is 0 Å². The van der Waals surface area contributed by atoms with Gasteiger partial charge in [-0.15, -0.1) is 0 Å². The number of carboxylic acids is 3. The average molecular weight is 249 g/mol. The zero-order valence-corrected chi connectivity index (χ0v) is 8.80. The van der Waals surface area contributed by atoms with Crippen LogP contribution in [0.15, 0.2) is 18.2 Å². The molecule has 0 saturated carbocycles. The highest BCUT2D eigenvalue weighted by Crippen LogP contribution is 2.22. The molecule has 92 valence electrons. The van der Waals surface area contributed by atoms with Gasteiger partial charge in [-0.1, -0.05) is 0 Å². The average Bonchev–Trinajstić information content (AvgIpc) is 2.70. The number of aromatic nitrogens is 1. The van der Waals surface area contributed by atoms with Crippen molar-refractivity contribution < 1.29 is 29.7 Å². The molecule has 4 N–H and O–H groups in total. The first-order valence-corrected chi connectivity index (χ1v) is 4.77. The minimum absolute atomic E-state index is 0.157. The van der Waals surface area contributed by atoms with E-state index < -0.39 is 17.9 Å². The number of aromatic amines is 1. The van der Waals surface area contributed by atoms with E-state index in [0.29, 0.717) is 0 Å². The van der Waals surface area contributed by atoms with Crippen molar-refractivity contribution in [1.29, 1.82) is 0 Å². The molecule has 0 amide bonds. The zero-order chi connectivity index (χ0) is 13.4. The predicted molar refractivity (Wildman–Crippen MR) is 59.2 cm³/mol. The Labute approximate surface area is 99.3 Å². The maximum absolute atomic E-state index is 11.0. The molecule has 0 aliphatic carbocycles. The number of aromatic carboxylic acids is 3. The number of carbonyl (C=O) groups is 3. The topological polar surface area (TPSA) is 128 Å². The maximum atomic E-state index is 11.0. The van der Waals surface area contributed by atoms with Gasteiger partial charge >= 0.3 is 17.9 Å². The van der Waals surface area contributed by atoms with Crippen LogP contribution in [0.5, 0.6) is 0 Å². The second-order valence-corrected chi connectivity index (χ2v) is 3.58. The SMILES string of the molecule is O=C(O)c1cc(C(=O)O)c2cc(C(=O)O)[nH]c2c1. The Morgan fingerprint density at radius 2 is 1.56 bits per heavy atom. The van der Waals surface area contributed by atoms with Gasteiger partial charge in [-0.3, -0.25) is 0 Å². The molecule has 0 aliphatic heterocycles. The number of rotatable bonds is 3. The molecule has 7 nitrogen and oxygen atoms in total. The number of fused-ring (bicyclic) bond motifs is 1. The van der Waals surface area contributed by atoms with Gasteiger partial charge in [-0.25, -0.2) is 14.4 Å². The van der Waals surface area contributed by atoms with Crippen LogP contribution < -0.4 is 0 Å². The van der Waals surface area contributed by atoms with E-state index >= 15 is 0 Å². The molecule has 0 fully saturated rings. The van der Waals surface area contributed by atoms with Crippen molar-refractivity contribution in [3.8, 4) is 0 Å². The molecule has 2 rings (SSSR count). The summed E-state index contributed by atoms with van der Waals surface area (Å²) in [5, 5.41) is 26.8.